The molecule has 7 rings (SSSR count). The number of methoxy groups -OCH3 is 2. The first kappa shape index (κ1) is 33.9. The van der Waals surface area contributed by atoms with Crippen LogP contribution in [0.3, 0.4) is 0 Å². The predicted octanol–water partition coefficient (Wildman–Crippen LogP) is 3.33. The number of ketones is 2. The zero-order valence-corrected chi connectivity index (χ0v) is 29.4. The molecule has 51 heavy (non-hydrogen) atoms. The van der Waals surface area contributed by atoms with Crippen LogP contribution in [0.5, 0.6) is 17.2 Å². The molecular weight excluding hydrogens is 661 g/mol. The van der Waals surface area contributed by atoms with Gasteiger partial charge >= 0.3 is 11.4 Å². The highest BCUT2D eigenvalue weighted by molar-refractivity contribution is 6.17. The molecule has 1 fully saturated rings. The van der Waals surface area contributed by atoms with Crippen molar-refractivity contribution in [2.24, 2.45) is 17.9 Å². The summed E-state index contributed by atoms with van der Waals surface area (Å²) in [6.45, 7) is 6.46. The molecule has 0 saturated heterocycles. The molecular formula is C37H38FN5O8. The zero-order chi connectivity index (χ0) is 36.9. The van der Waals surface area contributed by atoms with Crippen LogP contribution < -0.4 is 26.4 Å². The second-order valence-electron chi connectivity index (χ2n) is 14.0. The average Bonchev–Trinajstić information content (AvgIpc) is 3.36. The number of aromatic nitrogens is 5. The van der Waals surface area contributed by atoms with Gasteiger partial charge < -0.3 is 19.1 Å². The van der Waals surface area contributed by atoms with Crippen LogP contribution in [0.25, 0.3) is 11.0 Å². The molecule has 13 nitrogen and oxygen atoms in total. The lowest BCUT2D eigenvalue weighted by Crippen LogP contribution is -2.61. The molecule has 4 aromatic rings. The van der Waals surface area contributed by atoms with Crippen molar-refractivity contribution in [1.82, 2.24) is 23.5 Å². The van der Waals surface area contributed by atoms with Crippen LogP contribution in [0.15, 0.2) is 67.5 Å². The number of hydrogen-bond acceptors (Lipinski definition) is 9. The molecule has 0 spiro atoms. The van der Waals surface area contributed by atoms with E-state index in [2.05, 4.69) is 4.98 Å². The van der Waals surface area contributed by atoms with Gasteiger partial charge in [-0.1, -0.05) is 26.0 Å². The van der Waals surface area contributed by atoms with Crippen LogP contribution in [-0.2, 0) is 36.1 Å². The molecule has 1 N–H and O–H groups in total. The van der Waals surface area contributed by atoms with E-state index in [9.17, 15) is 33.5 Å². The molecule has 1 aliphatic heterocycles. The Morgan fingerprint density at radius 2 is 1.63 bits per heavy atom. The molecule has 266 valence electrons. The lowest BCUT2D eigenvalue weighted by Gasteiger charge is -2.58. The number of hydrogen-bond donors (Lipinski definition) is 1. The number of carbonyl (C=O) groups is 2. The van der Waals surface area contributed by atoms with Gasteiger partial charge in [-0.25, -0.2) is 32.9 Å². The van der Waals surface area contributed by atoms with Gasteiger partial charge in [-0.05, 0) is 54.7 Å². The molecule has 0 bridgehead atoms. The summed E-state index contributed by atoms with van der Waals surface area (Å²) in [5, 5.41) is 10.0. The van der Waals surface area contributed by atoms with Crippen molar-refractivity contribution < 1.29 is 28.6 Å². The number of benzene rings is 2. The molecule has 0 amide bonds. The van der Waals surface area contributed by atoms with Crippen molar-refractivity contribution in [3.8, 4) is 17.2 Å². The predicted molar refractivity (Wildman–Crippen MR) is 184 cm³/mol. The fourth-order valence-corrected chi connectivity index (χ4v) is 8.61. The first-order valence-corrected chi connectivity index (χ1v) is 16.6. The number of halogens is 1. The minimum atomic E-state index is -1.37. The summed E-state index contributed by atoms with van der Waals surface area (Å²) in [6, 6.07) is 6.34. The summed E-state index contributed by atoms with van der Waals surface area (Å²) >= 11 is 0. The van der Waals surface area contributed by atoms with Gasteiger partial charge in [-0.3, -0.25) is 14.4 Å². The van der Waals surface area contributed by atoms with Gasteiger partial charge in [0.2, 0.25) is 0 Å². The molecule has 2 aromatic carbocycles. The van der Waals surface area contributed by atoms with Crippen molar-refractivity contribution in [3.63, 3.8) is 0 Å². The first-order valence-electron chi connectivity index (χ1n) is 16.6. The van der Waals surface area contributed by atoms with Crippen molar-refractivity contribution in [1.29, 1.82) is 0 Å². The monoisotopic (exact) mass is 699 g/mol. The Balaban J connectivity index is 1.33. The number of fused-ring (bicyclic) bond motifs is 5. The standard InChI is InChI=1S/C37H38FN5O8/c1-18-19(2)32(46)37(4)30(20-8-9-27(44)22(38)14-20)21-10-13-42-34(48)41(35(49)43(42)26(21)17-36(37,3)31(18)45)12-11-23-33(47)40(5)25-16-29(51-7)28(50-6)15-24(25)39-23/h8-10,14-16,26,30,44H,11-13,17H2,1-7H3/t26-,30+,36+,37-/m1/s1. The van der Waals surface area contributed by atoms with Crippen LogP contribution in [0, 0.1) is 16.6 Å². The van der Waals surface area contributed by atoms with Crippen molar-refractivity contribution >= 4 is 22.6 Å². The van der Waals surface area contributed by atoms with Gasteiger partial charge in [0.15, 0.2) is 34.6 Å². The first-order chi connectivity index (χ1) is 24.1. The van der Waals surface area contributed by atoms with E-state index in [0.29, 0.717) is 44.8 Å². The van der Waals surface area contributed by atoms with Crippen LogP contribution in [0.1, 0.15) is 57.3 Å². The van der Waals surface area contributed by atoms with Crippen LogP contribution in [0.2, 0.25) is 0 Å². The largest absolute Gasteiger partial charge is 0.505 e. The molecule has 2 aliphatic carbocycles. The highest BCUT2D eigenvalue weighted by atomic mass is 19.1. The van der Waals surface area contributed by atoms with E-state index < -0.39 is 51.3 Å². The second kappa shape index (κ2) is 11.5. The normalized spacial score (nSPS) is 24.3. The third-order valence-corrected chi connectivity index (χ3v) is 11.7. The number of allylic oxidation sites excluding steroid dienone is 4. The second-order valence-corrected chi connectivity index (χ2v) is 14.0. The lowest BCUT2D eigenvalue weighted by molar-refractivity contribution is -0.151. The smallest absolute Gasteiger partial charge is 0.347 e. The summed E-state index contributed by atoms with van der Waals surface area (Å²) in [6.07, 6.45) is 1.77. The average molecular weight is 700 g/mol. The Kier molecular flexibility index (Phi) is 7.66. The number of phenols is 1. The highest BCUT2D eigenvalue weighted by Gasteiger charge is 2.66. The molecule has 4 atom stereocenters. The number of aromatic hydroxyl groups is 1. The van der Waals surface area contributed by atoms with E-state index in [-0.39, 0.29) is 43.2 Å². The topological polar surface area (TPSA) is 157 Å². The van der Waals surface area contributed by atoms with Crippen LogP contribution in [-0.4, -0.2) is 54.4 Å². The number of Topliss-reactive ketones (excluding diaryl/α,β-unsaturated/α-hetero) is 2. The molecule has 2 aromatic heterocycles. The summed E-state index contributed by atoms with van der Waals surface area (Å²) in [5.41, 5.74) is -1.68. The van der Waals surface area contributed by atoms with Gasteiger partial charge in [0.1, 0.15) is 5.69 Å². The van der Waals surface area contributed by atoms with E-state index in [1.54, 1.807) is 53.0 Å². The minimum absolute atomic E-state index is 0.0234. The third-order valence-electron chi connectivity index (χ3n) is 11.7. The Hall–Kier alpha value is -5.53. The van der Waals surface area contributed by atoms with Gasteiger partial charge in [0.05, 0.1) is 43.3 Å². The van der Waals surface area contributed by atoms with Gasteiger partial charge in [0.25, 0.3) is 5.56 Å². The fraction of sp³-hybridized carbons (Fsp3) is 0.405. The van der Waals surface area contributed by atoms with E-state index in [1.165, 1.54) is 40.3 Å². The quantitative estimate of drug-likeness (QED) is 0.298. The lowest BCUT2D eigenvalue weighted by atomic mass is 9.43. The number of nitrogens with zero attached hydrogens (tertiary/aromatic N) is 5. The van der Waals surface area contributed by atoms with Gasteiger partial charge in [-0.15, -0.1) is 0 Å². The van der Waals surface area contributed by atoms with Gasteiger partial charge in [0, 0.05) is 43.5 Å². The SMILES string of the molecule is COc1cc2nc(CCn3c(=O)n4n(c3=O)[C@@H]3C[C@@]5(C)C(=O)C(C)=C(C)C(=O)[C@@]5(C)[C@@H](c5ccc(O)c(F)c5)C3=CC4)c(=O)n(C)c2cc1OC. The summed E-state index contributed by atoms with van der Waals surface area (Å²) in [7, 11) is 4.57. The zero-order valence-electron chi connectivity index (χ0n) is 29.4. The molecule has 3 heterocycles. The fourth-order valence-electron chi connectivity index (χ4n) is 8.61. The van der Waals surface area contributed by atoms with Gasteiger partial charge in [-0.2, -0.15) is 0 Å². The van der Waals surface area contributed by atoms with Crippen molar-refractivity contribution in [2.75, 3.05) is 14.2 Å². The Labute approximate surface area is 290 Å². The third kappa shape index (κ3) is 4.50. The molecule has 3 aliphatic rings. The van der Waals surface area contributed by atoms with E-state index >= 15 is 0 Å². The Morgan fingerprint density at radius 1 is 0.961 bits per heavy atom. The summed E-state index contributed by atoms with van der Waals surface area (Å²) in [5.74, 6) is -1.98. The maximum absolute atomic E-state index is 14.9. The highest BCUT2D eigenvalue weighted by Crippen LogP contribution is 2.66. The number of phenolic OH excluding ortho intramolecular Hbond substituents is 1. The maximum Gasteiger partial charge on any atom is 0.347 e. The van der Waals surface area contributed by atoms with Crippen LogP contribution in [0.4, 0.5) is 4.39 Å². The van der Waals surface area contributed by atoms with Crippen molar-refractivity contribution in [3.05, 3.63) is 102 Å². The molecule has 0 radical (unpaired) electrons. The van der Waals surface area contributed by atoms with E-state index in [4.69, 9.17) is 9.47 Å². The van der Waals surface area contributed by atoms with E-state index in [0.717, 1.165) is 10.6 Å². The van der Waals surface area contributed by atoms with Crippen molar-refractivity contribution in [2.45, 2.75) is 65.6 Å². The summed E-state index contributed by atoms with van der Waals surface area (Å²) < 4.78 is 30.8. The molecule has 0 unspecified atom stereocenters. The molecule has 1 saturated carbocycles. The summed E-state index contributed by atoms with van der Waals surface area (Å²) in [4.78, 5) is 74.6. The number of aryl methyl sites for hydroxylation is 2. The van der Waals surface area contributed by atoms with Crippen LogP contribution >= 0.6 is 0 Å². The number of ether oxygens (including phenoxy) is 2. The molecule has 14 heteroatoms. The Bertz CT molecular complexity index is 2470. The Morgan fingerprint density at radius 3 is 2.29 bits per heavy atom. The van der Waals surface area contributed by atoms with E-state index in [1.807, 2.05) is 0 Å². The minimum Gasteiger partial charge on any atom is -0.505 e. The number of rotatable bonds is 6. The maximum atomic E-state index is 14.9. The number of carbonyl (C=O) groups excluding carboxylic acids is 2.